The molecule has 0 saturated carbocycles. The second kappa shape index (κ2) is 3.91. The first-order valence-electron chi connectivity index (χ1n) is 4.91. The molecule has 16 heavy (non-hydrogen) atoms. The Labute approximate surface area is 96.6 Å². The molecule has 0 unspecified atom stereocenters. The molecule has 0 N–H and O–H groups in total. The van der Waals surface area contributed by atoms with Crippen molar-refractivity contribution in [1.29, 1.82) is 5.26 Å². The van der Waals surface area contributed by atoms with Gasteiger partial charge in [-0.15, -0.1) is 0 Å². The Kier molecular flexibility index (Phi) is 3.11. The lowest BCUT2D eigenvalue weighted by Crippen LogP contribution is -2.16. The van der Waals surface area contributed by atoms with E-state index >= 15 is 0 Å². The number of hydrogen-bond acceptors (Lipinski definition) is 3. The molecule has 0 aliphatic rings. The van der Waals surface area contributed by atoms with Crippen LogP contribution < -0.4 is 0 Å². The van der Waals surface area contributed by atoms with Gasteiger partial charge in [-0.25, -0.2) is 8.42 Å². The molecule has 0 atom stereocenters. The first-order chi connectivity index (χ1) is 7.16. The molecule has 0 aliphatic heterocycles. The molecule has 0 aromatic heterocycles. The molecule has 0 aliphatic carbocycles. The summed E-state index contributed by atoms with van der Waals surface area (Å²) in [5.74, 6) is 0. The maximum Gasteiger partial charge on any atom is 0.175 e. The third-order valence-electron chi connectivity index (χ3n) is 2.32. The summed E-state index contributed by atoms with van der Waals surface area (Å²) in [6, 6.07) is 6.76. The van der Waals surface area contributed by atoms with Gasteiger partial charge in [0.1, 0.15) is 0 Å². The van der Waals surface area contributed by atoms with E-state index in [-0.39, 0.29) is 10.3 Å². The van der Waals surface area contributed by atoms with Gasteiger partial charge in [-0.3, -0.25) is 0 Å². The first kappa shape index (κ1) is 12.7. The second-order valence-corrected chi connectivity index (χ2v) is 6.83. The number of sulfone groups is 1. The molecule has 0 radical (unpaired) electrons. The van der Waals surface area contributed by atoms with Gasteiger partial charge in [-0.05, 0) is 23.1 Å². The van der Waals surface area contributed by atoms with Crippen molar-refractivity contribution in [3.05, 3.63) is 29.3 Å². The SMILES string of the molecule is CC(C)(C)c1ccc(C#N)cc1S(C)(=O)=O. The topological polar surface area (TPSA) is 57.9 Å². The van der Waals surface area contributed by atoms with E-state index < -0.39 is 9.84 Å². The first-order valence-corrected chi connectivity index (χ1v) is 6.80. The van der Waals surface area contributed by atoms with E-state index in [9.17, 15) is 8.42 Å². The van der Waals surface area contributed by atoms with Crippen molar-refractivity contribution in [1.82, 2.24) is 0 Å². The Balaban J connectivity index is 3.61. The van der Waals surface area contributed by atoms with Gasteiger partial charge in [-0.2, -0.15) is 5.26 Å². The quantitative estimate of drug-likeness (QED) is 0.752. The van der Waals surface area contributed by atoms with Gasteiger partial charge >= 0.3 is 0 Å². The third kappa shape index (κ3) is 2.61. The minimum Gasteiger partial charge on any atom is -0.224 e. The molecule has 1 aromatic carbocycles. The highest BCUT2D eigenvalue weighted by molar-refractivity contribution is 7.90. The monoisotopic (exact) mass is 237 g/mol. The molecule has 1 rings (SSSR count). The summed E-state index contributed by atoms with van der Waals surface area (Å²) in [6.45, 7) is 5.84. The molecule has 86 valence electrons. The number of benzene rings is 1. The summed E-state index contributed by atoms with van der Waals surface area (Å²) >= 11 is 0. The van der Waals surface area contributed by atoms with Crippen LogP contribution in [0.3, 0.4) is 0 Å². The Morgan fingerprint density at radius 2 is 1.81 bits per heavy atom. The average Bonchev–Trinajstić information content (AvgIpc) is 2.14. The second-order valence-electron chi connectivity index (χ2n) is 4.84. The van der Waals surface area contributed by atoms with Crippen LogP contribution in [0.15, 0.2) is 23.1 Å². The zero-order valence-electron chi connectivity index (χ0n) is 9.90. The lowest BCUT2D eigenvalue weighted by atomic mass is 9.86. The molecular weight excluding hydrogens is 222 g/mol. The van der Waals surface area contributed by atoms with Gasteiger partial charge in [0.15, 0.2) is 9.84 Å². The van der Waals surface area contributed by atoms with Crippen molar-refractivity contribution >= 4 is 9.84 Å². The van der Waals surface area contributed by atoms with E-state index in [2.05, 4.69) is 0 Å². The highest BCUT2D eigenvalue weighted by atomic mass is 32.2. The molecule has 3 nitrogen and oxygen atoms in total. The fraction of sp³-hybridized carbons (Fsp3) is 0.417. The molecule has 0 fully saturated rings. The van der Waals surface area contributed by atoms with Crippen LogP contribution in [0.4, 0.5) is 0 Å². The predicted molar refractivity (Wildman–Crippen MR) is 63.0 cm³/mol. The zero-order chi connectivity index (χ0) is 12.6. The van der Waals surface area contributed by atoms with Crippen molar-refractivity contribution in [3.8, 4) is 6.07 Å². The van der Waals surface area contributed by atoms with Gasteiger partial charge in [-0.1, -0.05) is 26.8 Å². The molecule has 1 aromatic rings. The summed E-state index contributed by atoms with van der Waals surface area (Å²) in [5, 5.41) is 8.78. The van der Waals surface area contributed by atoms with Crippen molar-refractivity contribution in [2.75, 3.05) is 6.26 Å². The van der Waals surface area contributed by atoms with E-state index in [4.69, 9.17) is 5.26 Å². The third-order valence-corrected chi connectivity index (χ3v) is 3.45. The minimum atomic E-state index is -3.30. The Hall–Kier alpha value is -1.34. The zero-order valence-corrected chi connectivity index (χ0v) is 10.7. The van der Waals surface area contributed by atoms with E-state index in [0.29, 0.717) is 5.56 Å². The number of nitrogens with zero attached hydrogens (tertiary/aromatic N) is 1. The highest BCUT2D eigenvalue weighted by Crippen LogP contribution is 2.29. The largest absolute Gasteiger partial charge is 0.224 e. The Bertz CT molecular complexity index is 545. The highest BCUT2D eigenvalue weighted by Gasteiger charge is 2.23. The summed E-state index contributed by atoms with van der Waals surface area (Å²) in [4.78, 5) is 0.249. The predicted octanol–water partition coefficient (Wildman–Crippen LogP) is 2.26. The van der Waals surface area contributed by atoms with Crippen LogP contribution in [0.25, 0.3) is 0 Å². The standard InChI is InChI=1S/C12H15NO2S/c1-12(2,3)10-6-5-9(8-13)7-11(10)16(4,14)15/h5-7H,1-4H3. The van der Waals surface area contributed by atoms with Crippen LogP contribution in [0.1, 0.15) is 31.9 Å². The van der Waals surface area contributed by atoms with E-state index in [1.54, 1.807) is 12.1 Å². The number of hydrogen-bond donors (Lipinski definition) is 0. The summed E-state index contributed by atoms with van der Waals surface area (Å²) in [6.07, 6.45) is 1.17. The fourth-order valence-electron chi connectivity index (χ4n) is 1.52. The average molecular weight is 237 g/mol. The lowest BCUT2D eigenvalue weighted by molar-refractivity contribution is 0.563. The smallest absolute Gasteiger partial charge is 0.175 e. The maximum absolute atomic E-state index is 11.7. The molecule has 0 heterocycles. The van der Waals surface area contributed by atoms with E-state index in [1.807, 2.05) is 26.8 Å². The number of rotatable bonds is 1. The van der Waals surface area contributed by atoms with Gasteiger partial charge in [0, 0.05) is 6.26 Å². The van der Waals surface area contributed by atoms with E-state index in [0.717, 1.165) is 5.56 Å². The van der Waals surface area contributed by atoms with Gasteiger partial charge in [0.25, 0.3) is 0 Å². The Morgan fingerprint density at radius 3 is 2.19 bits per heavy atom. The summed E-state index contributed by atoms with van der Waals surface area (Å²) < 4.78 is 23.3. The van der Waals surface area contributed by atoms with Crippen LogP contribution in [0.2, 0.25) is 0 Å². The van der Waals surface area contributed by atoms with Gasteiger partial charge in [0.2, 0.25) is 0 Å². The van der Waals surface area contributed by atoms with Crippen LogP contribution in [0.5, 0.6) is 0 Å². The van der Waals surface area contributed by atoms with Crippen LogP contribution in [0, 0.1) is 11.3 Å². The Morgan fingerprint density at radius 1 is 1.25 bits per heavy atom. The van der Waals surface area contributed by atoms with Crippen molar-refractivity contribution in [3.63, 3.8) is 0 Å². The molecule has 0 saturated heterocycles. The minimum absolute atomic E-state index is 0.249. The fourth-order valence-corrected chi connectivity index (χ4v) is 2.63. The summed E-state index contributed by atoms with van der Waals surface area (Å²) in [7, 11) is -3.30. The summed E-state index contributed by atoms with van der Waals surface area (Å²) in [5.41, 5.74) is 0.856. The molecular formula is C12H15NO2S. The maximum atomic E-state index is 11.7. The number of nitriles is 1. The van der Waals surface area contributed by atoms with Crippen molar-refractivity contribution in [2.45, 2.75) is 31.1 Å². The van der Waals surface area contributed by atoms with Crippen molar-refractivity contribution in [2.24, 2.45) is 0 Å². The van der Waals surface area contributed by atoms with Gasteiger partial charge < -0.3 is 0 Å². The van der Waals surface area contributed by atoms with Gasteiger partial charge in [0.05, 0.1) is 16.5 Å². The van der Waals surface area contributed by atoms with Crippen LogP contribution in [-0.2, 0) is 15.3 Å². The molecule has 0 spiro atoms. The normalized spacial score (nSPS) is 12.2. The van der Waals surface area contributed by atoms with Crippen LogP contribution >= 0.6 is 0 Å². The molecule has 0 bridgehead atoms. The van der Waals surface area contributed by atoms with E-state index in [1.165, 1.54) is 12.3 Å². The van der Waals surface area contributed by atoms with Crippen LogP contribution in [-0.4, -0.2) is 14.7 Å². The lowest BCUT2D eigenvalue weighted by Gasteiger charge is -2.22. The van der Waals surface area contributed by atoms with Crippen molar-refractivity contribution < 1.29 is 8.42 Å². The molecule has 4 heteroatoms. The molecule has 0 amide bonds.